The van der Waals surface area contributed by atoms with Crippen LogP contribution in [-0.2, 0) is 0 Å². The van der Waals surface area contributed by atoms with Crippen LogP contribution in [0.15, 0.2) is 34.0 Å². The Morgan fingerprint density at radius 1 is 1.56 bits per heavy atom. The van der Waals surface area contributed by atoms with Gasteiger partial charge in [0.25, 0.3) is 0 Å². The number of halogens is 1. The number of hydrogen-bond donors (Lipinski definition) is 1. The van der Waals surface area contributed by atoms with Gasteiger partial charge in [0.2, 0.25) is 0 Å². The van der Waals surface area contributed by atoms with E-state index in [-0.39, 0.29) is 0 Å². The topological polar surface area (TPSA) is 12.0 Å². The van der Waals surface area contributed by atoms with Crippen LogP contribution in [0.1, 0.15) is 47.0 Å². The van der Waals surface area contributed by atoms with E-state index >= 15 is 0 Å². The second-order valence-electron chi connectivity index (χ2n) is 4.55. The van der Waals surface area contributed by atoms with Gasteiger partial charge in [-0.25, -0.2) is 0 Å². The third-order valence-corrected chi connectivity index (χ3v) is 3.61. The van der Waals surface area contributed by atoms with Crippen molar-refractivity contribution in [2.24, 2.45) is 0 Å². The van der Waals surface area contributed by atoms with Crippen molar-refractivity contribution in [2.75, 3.05) is 0 Å². The summed E-state index contributed by atoms with van der Waals surface area (Å²) >= 11 is 6.18. The normalized spacial score (nSPS) is 23.4. The van der Waals surface area contributed by atoms with Crippen LogP contribution in [0.25, 0.3) is 0 Å². The van der Waals surface area contributed by atoms with E-state index in [0.717, 1.165) is 17.9 Å². The smallest absolute Gasteiger partial charge is 0.0395 e. The Labute approximate surface area is 104 Å². The summed E-state index contributed by atoms with van der Waals surface area (Å²) < 4.78 is 0. The molecule has 1 rings (SSSR count). The van der Waals surface area contributed by atoms with Gasteiger partial charge in [-0.2, -0.15) is 0 Å². The maximum atomic E-state index is 6.18. The standard InChI is InChI=1S/C14H22ClN/c1-5-10(2)14(15)9-8-13-7-6-11(3)16-12(13)4/h8-9,11,16H,5-7H2,1-4H3/b9-8-,14-10?. The molecule has 1 aliphatic heterocycles. The first-order valence-electron chi connectivity index (χ1n) is 6.04. The molecule has 0 bridgehead atoms. The molecule has 0 saturated carbocycles. The second kappa shape index (κ2) is 6.15. The molecule has 1 aliphatic rings. The zero-order valence-electron chi connectivity index (χ0n) is 10.7. The lowest BCUT2D eigenvalue weighted by atomic mass is 9.99. The Kier molecular flexibility index (Phi) is 5.14. The van der Waals surface area contributed by atoms with Gasteiger partial charge in [0.05, 0.1) is 0 Å². The molecule has 16 heavy (non-hydrogen) atoms. The molecule has 1 atom stereocenters. The number of nitrogens with one attached hydrogen (secondary N) is 1. The summed E-state index contributed by atoms with van der Waals surface area (Å²) in [6, 6.07) is 0.598. The molecule has 0 fully saturated rings. The lowest BCUT2D eigenvalue weighted by Gasteiger charge is -2.23. The van der Waals surface area contributed by atoms with Crippen LogP contribution in [0.5, 0.6) is 0 Å². The van der Waals surface area contributed by atoms with Crippen LogP contribution in [0, 0.1) is 0 Å². The minimum atomic E-state index is 0.598. The van der Waals surface area contributed by atoms with E-state index in [4.69, 9.17) is 11.6 Å². The summed E-state index contributed by atoms with van der Waals surface area (Å²) in [5.41, 5.74) is 3.90. The van der Waals surface area contributed by atoms with Crippen LogP contribution in [-0.4, -0.2) is 6.04 Å². The Morgan fingerprint density at radius 2 is 2.25 bits per heavy atom. The molecule has 1 unspecified atom stereocenters. The highest BCUT2D eigenvalue weighted by Gasteiger charge is 2.11. The molecule has 90 valence electrons. The highest BCUT2D eigenvalue weighted by molar-refractivity contribution is 6.31. The zero-order valence-corrected chi connectivity index (χ0v) is 11.5. The molecule has 0 aromatic rings. The molecule has 0 aromatic heterocycles. The number of rotatable bonds is 3. The van der Waals surface area contributed by atoms with Crippen molar-refractivity contribution in [3.63, 3.8) is 0 Å². The third kappa shape index (κ3) is 3.71. The van der Waals surface area contributed by atoms with Crippen molar-refractivity contribution in [2.45, 2.75) is 53.0 Å². The van der Waals surface area contributed by atoms with Crippen molar-refractivity contribution in [3.8, 4) is 0 Å². The quantitative estimate of drug-likeness (QED) is 0.715. The van der Waals surface area contributed by atoms with E-state index in [0.29, 0.717) is 6.04 Å². The minimum Gasteiger partial charge on any atom is -0.386 e. The third-order valence-electron chi connectivity index (χ3n) is 3.16. The Balaban J connectivity index is 2.74. The first-order valence-corrected chi connectivity index (χ1v) is 6.42. The molecule has 1 nitrogen and oxygen atoms in total. The van der Waals surface area contributed by atoms with Gasteiger partial charge in [-0.1, -0.05) is 30.2 Å². The van der Waals surface area contributed by atoms with Gasteiger partial charge >= 0.3 is 0 Å². The van der Waals surface area contributed by atoms with Crippen molar-refractivity contribution < 1.29 is 0 Å². The van der Waals surface area contributed by atoms with Crippen molar-refractivity contribution in [1.82, 2.24) is 5.32 Å². The van der Waals surface area contributed by atoms with Gasteiger partial charge in [-0.05, 0) is 51.7 Å². The fourth-order valence-electron chi connectivity index (χ4n) is 1.79. The monoisotopic (exact) mass is 239 g/mol. The lowest BCUT2D eigenvalue weighted by Crippen LogP contribution is -2.28. The van der Waals surface area contributed by atoms with E-state index in [2.05, 4.69) is 39.1 Å². The molecular weight excluding hydrogens is 218 g/mol. The minimum absolute atomic E-state index is 0.598. The van der Waals surface area contributed by atoms with Crippen LogP contribution in [0.2, 0.25) is 0 Å². The molecule has 0 aliphatic carbocycles. The van der Waals surface area contributed by atoms with E-state index in [1.54, 1.807) is 0 Å². The van der Waals surface area contributed by atoms with E-state index in [9.17, 15) is 0 Å². The molecule has 0 aromatic carbocycles. The van der Waals surface area contributed by atoms with Crippen LogP contribution in [0.3, 0.4) is 0 Å². The second-order valence-corrected chi connectivity index (χ2v) is 4.96. The maximum absolute atomic E-state index is 6.18. The molecule has 0 spiro atoms. The lowest BCUT2D eigenvalue weighted by molar-refractivity contribution is 0.533. The number of hydrogen-bond acceptors (Lipinski definition) is 1. The largest absolute Gasteiger partial charge is 0.386 e. The summed E-state index contributed by atoms with van der Waals surface area (Å²) in [7, 11) is 0. The molecule has 2 heteroatoms. The molecule has 0 radical (unpaired) electrons. The predicted molar refractivity (Wildman–Crippen MR) is 72.5 cm³/mol. The first kappa shape index (κ1) is 13.4. The summed E-state index contributed by atoms with van der Waals surface area (Å²) in [6.07, 6.45) is 7.53. The zero-order chi connectivity index (χ0) is 12.1. The van der Waals surface area contributed by atoms with Crippen molar-refractivity contribution >= 4 is 11.6 Å². The van der Waals surface area contributed by atoms with Crippen molar-refractivity contribution in [1.29, 1.82) is 0 Å². The van der Waals surface area contributed by atoms with Gasteiger partial charge in [-0.15, -0.1) is 0 Å². The molecule has 0 saturated heterocycles. The summed E-state index contributed by atoms with van der Waals surface area (Å²) in [5.74, 6) is 0. The highest BCUT2D eigenvalue weighted by Crippen LogP contribution is 2.21. The summed E-state index contributed by atoms with van der Waals surface area (Å²) in [6.45, 7) is 8.56. The Morgan fingerprint density at radius 3 is 2.81 bits per heavy atom. The molecule has 1 heterocycles. The first-order chi connectivity index (χ1) is 7.54. The molecule has 0 amide bonds. The van der Waals surface area contributed by atoms with Crippen LogP contribution < -0.4 is 5.32 Å². The van der Waals surface area contributed by atoms with E-state index in [1.807, 2.05) is 6.08 Å². The average molecular weight is 240 g/mol. The van der Waals surface area contributed by atoms with Crippen LogP contribution in [0.4, 0.5) is 0 Å². The summed E-state index contributed by atoms with van der Waals surface area (Å²) in [4.78, 5) is 0. The summed E-state index contributed by atoms with van der Waals surface area (Å²) in [5, 5.41) is 4.34. The Bertz CT molecular complexity index is 337. The fourth-order valence-corrected chi connectivity index (χ4v) is 1.98. The van der Waals surface area contributed by atoms with Gasteiger partial charge < -0.3 is 5.32 Å². The predicted octanol–water partition coefficient (Wildman–Crippen LogP) is 4.51. The van der Waals surface area contributed by atoms with E-state index in [1.165, 1.54) is 23.3 Å². The van der Waals surface area contributed by atoms with Gasteiger partial charge in [0, 0.05) is 16.8 Å². The highest BCUT2D eigenvalue weighted by atomic mass is 35.5. The van der Waals surface area contributed by atoms with Gasteiger partial charge in [0.15, 0.2) is 0 Å². The maximum Gasteiger partial charge on any atom is 0.0395 e. The van der Waals surface area contributed by atoms with E-state index < -0.39 is 0 Å². The Hall–Kier alpha value is -0.690. The fraction of sp³-hybridized carbons (Fsp3) is 0.571. The van der Waals surface area contributed by atoms with Crippen LogP contribution >= 0.6 is 11.6 Å². The average Bonchev–Trinajstić information content (AvgIpc) is 2.26. The van der Waals surface area contributed by atoms with Gasteiger partial charge in [-0.3, -0.25) is 0 Å². The number of allylic oxidation sites excluding steroid dienone is 6. The molecular formula is C14H22ClN. The molecule has 1 N–H and O–H groups in total. The SMILES string of the molecule is CCC(C)=C(Cl)/C=C\C1=C(C)NC(C)CC1. The van der Waals surface area contributed by atoms with Gasteiger partial charge in [0.1, 0.15) is 0 Å². The van der Waals surface area contributed by atoms with Crippen molar-refractivity contribution in [3.05, 3.63) is 34.0 Å².